The van der Waals surface area contributed by atoms with E-state index in [0.29, 0.717) is 50.0 Å². The van der Waals surface area contributed by atoms with Crippen LogP contribution in [-0.2, 0) is 9.53 Å². The molecule has 0 aliphatic rings. The average molecular weight is 673 g/mol. The summed E-state index contributed by atoms with van der Waals surface area (Å²) in [5.41, 5.74) is 7.61. The van der Waals surface area contributed by atoms with Gasteiger partial charge >= 0.3 is 6.09 Å². The first-order chi connectivity index (χ1) is 18.9. The van der Waals surface area contributed by atoms with Gasteiger partial charge in [-0.2, -0.15) is 0 Å². The van der Waals surface area contributed by atoms with Crippen molar-refractivity contribution in [2.24, 2.45) is 5.41 Å². The number of carbonyl (C=O) groups is 3. The average Bonchev–Trinajstić information content (AvgIpc) is 2.89. The maximum absolute atomic E-state index is 13.0. The van der Waals surface area contributed by atoms with Gasteiger partial charge in [0.15, 0.2) is 5.78 Å². The summed E-state index contributed by atoms with van der Waals surface area (Å²) in [4.78, 5) is 36.9. The molecule has 0 spiro atoms. The van der Waals surface area contributed by atoms with Crippen LogP contribution in [0.2, 0.25) is 0 Å². The first-order valence-corrected chi connectivity index (χ1v) is 14.0. The number of ether oxygens (including phenoxy) is 1. The number of anilines is 3. The van der Waals surface area contributed by atoms with Gasteiger partial charge in [0.2, 0.25) is 5.91 Å². The number of nitrogens with two attached hydrogens (primary N) is 1. The molecule has 3 rings (SSSR count). The predicted octanol–water partition coefficient (Wildman–Crippen LogP) is 7.99. The Hall–Kier alpha value is -3.63. The van der Waals surface area contributed by atoms with Crippen molar-refractivity contribution in [3.63, 3.8) is 0 Å². The molecule has 0 saturated carbocycles. The third-order valence-electron chi connectivity index (χ3n) is 6.26. The van der Waals surface area contributed by atoms with Crippen molar-refractivity contribution >= 4 is 66.7 Å². The third-order valence-corrected chi connectivity index (χ3v) is 7.32. The number of nitrogen functional groups attached to an aromatic ring is 1. The zero-order valence-corrected chi connectivity index (χ0v) is 25.5. The predicted molar refractivity (Wildman–Crippen MR) is 164 cm³/mol. The number of hydrogen-bond donors (Lipinski definition) is 4. The summed E-state index contributed by atoms with van der Waals surface area (Å²) in [6.45, 7) is 5.30. The molecule has 5 N–H and O–H groups in total. The Morgan fingerprint density at radius 3 is 2.38 bits per heavy atom. The van der Waals surface area contributed by atoms with Crippen LogP contribution >= 0.6 is 31.9 Å². The fraction of sp³-hybridized carbons (Fsp3) is 0.233. The first kappa shape index (κ1) is 30.9. The van der Waals surface area contributed by atoms with Crippen molar-refractivity contribution in [2.75, 3.05) is 16.4 Å². The molecule has 2 amide bonds. The lowest BCUT2D eigenvalue weighted by atomic mass is 9.78. The number of halogens is 2. The van der Waals surface area contributed by atoms with Crippen LogP contribution in [0.15, 0.2) is 81.8 Å². The zero-order chi connectivity index (χ0) is 29.4. The Morgan fingerprint density at radius 1 is 1.05 bits per heavy atom. The fourth-order valence-corrected chi connectivity index (χ4v) is 5.29. The van der Waals surface area contributed by atoms with E-state index in [2.05, 4.69) is 42.5 Å². The molecule has 3 aromatic carbocycles. The van der Waals surface area contributed by atoms with Gasteiger partial charge < -0.3 is 20.9 Å². The van der Waals surface area contributed by atoms with E-state index in [-0.39, 0.29) is 17.4 Å². The molecule has 0 aliphatic heterocycles. The van der Waals surface area contributed by atoms with Crippen LogP contribution in [0.1, 0.15) is 55.6 Å². The van der Waals surface area contributed by atoms with E-state index in [1.807, 2.05) is 13.8 Å². The van der Waals surface area contributed by atoms with Crippen LogP contribution in [0.5, 0.6) is 5.75 Å². The zero-order valence-electron chi connectivity index (χ0n) is 22.3. The Labute approximate surface area is 250 Å². The normalized spacial score (nSPS) is 12.1. The van der Waals surface area contributed by atoms with Gasteiger partial charge in [0.1, 0.15) is 11.9 Å². The third kappa shape index (κ3) is 8.43. The number of hydrogen-bond acceptors (Lipinski definition) is 6. The monoisotopic (exact) mass is 671 g/mol. The topological polar surface area (TPSA) is 131 Å². The van der Waals surface area contributed by atoms with E-state index in [1.54, 1.807) is 66.7 Å². The molecule has 0 radical (unpaired) electrons. The molecule has 0 unspecified atom stereocenters. The minimum Gasteiger partial charge on any atom is -0.506 e. The van der Waals surface area contributed by atoms with Crippen molar-refractivity contribution in [3.05, 3.63) is 92.9 Å². The van der Waals surface area contributed by atoms with E-state index in [0.717, 1.165) is 0 Å². The lowest BCUT2D eigenvalue weighted by molar-refractivity contribution is -0.111. The van der Waals surface area contributed by atoms with Crippen LogP contribution < -0.4 is 16.4 Å². The highest BCUT2D eigenvalue weighted by atomic mass is 79.9. The van der Waals surface area contributed by atoms with Crippen LogP contribution in [0, 0.1) is 5.41 Å². The van der Waals surface area contributed by atoms with Gasteiger partial charge in [-0.3, -0.25) is 14.9 Å². The maximum atomic E-state index is 13.0. The molecule has 1 atom stereocenters. The molecule has 0 aliphatic carbocycles. The van der Waals surface area contributed by atoms with Gasteiger partial charge in [-0.25, -0.2) is 4.79 Å². The largest absolute Gasteiger partial charge is 0.506 e. The van der Waals surface area contributed by atoms with Crippen LogP contribution in [0.4, 0.5) is 21.9 Å². The van der Waals surface area contributed by atoms with Gasteiger partial charge in [0.05, 0.1) is 15.8 Å². The SMILES string of the molecule is CC(=O)c1ccc(NC(=O)O[C@@H](c2cc(Br)cc(Br)c2O)C(C)(C)CC/C=C/C(=O)Nc2ccccc2N)cc1. The second-order valence-electron chi connectivity index (χ2n) is 9.88. The number of aromatic hydroxyl groups is 1. The van der Waals surface area contributed by atoms with Gasteiger partial charge in [0.25, 0.3) is 0 Å². The fourth-order valence-electron chi connectivity index (χ4n) is 4.03. The van der Waals surface area contributed by atoms with Crippen molar-refractivity contribution in [1.82, 2.24) is 0 Å². The molecule has 0 aromatic heterocycles. The summed E-state index contributed by atoms with van der Waals surface area (Å²) in [6, 6.07) is 16.9. The molecule has 40 heavy (non-hydrogen) atoms. The number of ketones is 1. The van der Waals surface area contributed by atoms with E-state index >= 15 is 0 Å². The standard InChI is InChI=1S/C30H31Br2N3O5/c1-18(36)19-11-13-21(14-12-19)34-29(39)40-28(22-16-20(31)17-23(32)27(22)38)30(2,3)15-7-6-10-26(37)35-25-9-5-4-8-24(25)33/h4-6,8-14,16-17,28,38H,7,15,33H2,1-3H3,(H,34,39)(H,35,37)/b10-6+/t28-/m0/s1. The van der Waals surface area contributed by atoms with Gasteiger partial charge in [-0.1, -0.05) is 48.0 Å². The van der Waals surface area contributed by atoms with Gasteiger partial charge in [0, 0.05) is 26.7 Å². The molecule has 8 nitrogen and oxygen atoms in total. The number of allylic oxidation sites excluding steroid dienone is 1. The van der Waals surface area contributed by atoms with Crippen molar-refractivity contribution in [3.8, 4) is 5.75 Å². The number of nitrogens with one attached hydrogen (secondary N) is 2. The number of phenols is 1. The number of carbonyl (C=O) groups excluding carboxylic acids is 3. The van der Waals surface area contributed by atoms with Gasteiger partial charge in [-0.15, -0.1) is 0 Å². The van der Waals surface area contributed by atoms with E-state index in [9.17, 15) is 19.5 Å². The van der Waals surface area contributed by atoms with E-state index < -0.39 is 17.6 Å². The number of Topliss-reactive ketones (excluding diaryl/α,β-unsaturated/α-hetero) is 1. The Bertz CT molecular complexity index is 1420. The van der Waals surface area contributed by atoms with Crippen molar-refractivity contribution in [1.29, 1.82) is 0 Å². The molecular formula is C30H31Br2N3O5. The van der Waals surface area contributed by atoms with Crippen molar-refractivity contribution < 1.29 is 24.2 Å². The highest BCUT2D eigenvalue weighted by Gasteiger charge is 2.36. The van der Waals surface area contributed by atoms with Crippen LogP contribution in [0.25, 0.3) is 0 Å². The summed E-state index contributed by atoms with van der Waals surface area (Å²) in [5, 5.41) is 16.3. The molecular weight excluding hydrogens is 642 g/mol. The van der Waals surface area contributed by atoms with E-state index in [4.69, 9.17) is 10.5 Å². The first-order valence-electron chi connectivity index (χ1n) is 12.5. The molecule has 3 aromatic rings. The van der Waals surface area contributed by atoms with Crippen LogP contribution in [0.3, 0.4) is 0 Å². The molecule has 0 saturated heterocycles. The number of benzene rings is 3. The minimum absolute atomic E-state index is 0.0461. The maximum Gasteiger partial charge on any atom is 0.412 e. The molecule has 0 fully saturated rings. The highest BCUT2D eigenvalue weighted by Crippen LogP contribution is 2.46. The second-order valence-corrected chi connectivity index (χ2v) is 11.6. The number of phenolic OH excluding ortho intramolecular Hbond substituents is 1. The lowest BCUT2D eigenvalue weighted by Gasteiger charge is -2.34. The number of amides is 2. The highest BCUT2D eigenvalue weighted by molar-refractivity contribution is 9.11. The van der Waals surface area contributed by atoms with E-state index in [1.165, 1.54) is 13.0 Å². The number of para-hydroxylation sites is 2. The van der Waals surface area contributed by atoms with Crippen molar-refractivity contribution in [2.45, 2.75) is 39.7 Å². The summed E-state index contributed by atoms with van der Waals surface area (Å²) in [5.74, 6) is -0.440. The summed E-state index contributed by atoms with van der Waals surface area (Å²) in [6.07, 6.45) is 2.60. The Kier molecular flexibility index (Phi) is 10.5. The molecule has 0 heterocycles. The molecule has 210 valence electrons. The summed E-state index contributed by atoms with van der Waals surface area (Å²) in [7, 11) is 0. The number of rotatable bonds is 10. The summed E-state index contributed by atoms with van der Waals surface area (Å²) < 4.78 is 7.04. The Morgan fingerprint density at radius 2 is 1.73 bits per heavy atom. The second kappa shape index (κ2) is 13.6. The quantitative estimate of drug-likeness (QED) is 0.0981. The molecule has 10 heteroatoms. The molecule has 0 bridgehead atoms. The van der Waals surface area contributed by atoms with Crippen LogP contribution in [-0.4, -0.2) is 22.9 Å². The van der Waals surface area contributed by atoms with Gasteiger partial charge in [-0.05, 0) is 90.3 Å². The Balaban J connectivity index is 1.76. The smallest absolute Gasteiger partial charge is 0.412 e. The lowest BCUT2D eigenvalue weighted by Crippen LogP contribution is -2.29. The minimum atomic E-state index is -0.857. The summed E-state index contributed by atoms with van der Waals surface area (Å²) >= 11 is 6.80.